The van der Waals surface area contributed by atoms with Crippen LogP contribution in [0.3, 0.4) is 0 Å². The average molecular weight is 360 g/mol. The van der Waals surface area contributed by atoms with Crippen LogP contribution in [0, 0.1) is 6.92 Å². The Balaban J connectivity index is 2.43. The lowest BCUT2D eigenvalue weighted by Gasteiger charge is -2.11. The molecule has 0 unspecified atom stereocenters. The zero-order chi connectivity index (χ0) is 15.7. The van der Waals surface area contributed by atoms with E-state index in [1.165, 1.54) is 6.21 Å². The number of pyridine rings is 2. The molecule has 7 heteroatoms. The van der Waals surface area contributed by atoms with E-state index in [1.807, 2.05) is 24.6 Å². The molecule has 3 aromatic rings. The van der Waals surface area contributed by atoms with Crippen molar-refractivity contribution < 1.29 is 5.21 Å². The largest absolute Gasteiger partial charge is 0.411 e. The van der Waals surface area contributed by atoms with Gasteiger partial charge in [0.25, 0.3) is 0 Å². The molecule has 6 nitrogen and oxygen atoms in total. The van der Waals surface area contributed by atoms with E-state index in [9.17, 15) is 0 Å². The Morgan fingerprint density at radius 1 is 1.36 bits per heavy atom. The quantitative estimate of drug-likeness (QED) is 0.441. The van der Waals surface area contributed by atoms with Crippen LogP contribution in [0.2, 0.25) is 0 Å². The number of oxime groups is 1. The number of halogens is 1. The molecule has 0 amide bonds. The second kappa shape index (κ2) is 5.84. The number of hydrogen-bond acceptors (Lipinski definition) is 5. The molecule has 0 spiro atoms. The lowest BCUT2D eigenvalue weighted by atomic mass is 9.98. The molecule has 0 radical (unpaired) electrons. The molecule has 0 aliphatic heterocycles. The molecule has 0 saturated carbocycles. The highest BCUT2D eigenvalue weighted by Gasteiger charge is 2.17. The monoisotopic (exact) mass is 359 g/mol. The lowest BCUT2D eigenvalue weighted by molar-refractivity contribution is 0.322. The average Bonchev–Trinajstić information content (AvgIpc) is 2.90. The fraction of sp³-hybridized carbons (Fsp3) is 0.200. The lowest BCUT2D eigenvalue weighted by Crippen LogP contribution is -2.02. The van der Waals surface area contributed by atoms with Gasteiger partial charge in [0.15, 0.2) is 5.65 Å². The van der Waals surface area contributed by atoms with Gasteiger partial charge in [-0.1, -0.05) is 5.16 Å². The van der Waals surface area contributed by atoms with Crippen LogP contribution in [0.25, 0.3) is 22.2 Å². The second-order valence-corrected chi connectivity index (χ2v) is 5.74. The van der Waals surface area contributed by atoms with Crippen molar-refractivity contribution in [2.45, 2.75) is 20.4 Å². The number of fused-ring (bicyclic) bond motifs is 1. The minimum absolute atomic E-state index is 0.736. The highest BCUT2D eigenvalue weighted by Crippen LogP contribution is 2.32. The van der Waals surface area contributed by atoms with Crippen LogP contribution in [-0.4, -0.2) is 31.2 Å². The molecular formula is C15H14BrN5O. The third-order valence-electron chi connectivity index (χ3n) is 3.49. The number of rotatable bonds is 3. The molecule has 22 heavy (non-hydrogen) atoms. The van der Waals surface area contributed by atoms with Crippen molar-refractivity contribution in [3.8, 4) is 11.1 Å². The van der Waals surface area contributed by atoms with Crippen molar-refractivity contribution in [3.63, 3.8) is 0 Å². The van der Waals surface area contributed by atoms with Crippen molar-refractivity contribution in [3.05, 3.63) is 40.4 Å². The van der Waals surface area contributed by atoms with E-state index in [2.05, 4.69) is 36.2 Å². The zero-order valence-corrected chi connectivity index (χ0v) is 13.7. The fourth-order valence-electron chi connectivity index (χ4n) is 2.52. The van der Waals surface area contributed by atoms with E-state index < -0.39 is 0 Å². The summed E-state index contributed by atoms with van der Waals surface area (Å²) in [7, 11) is 0. The molecule has 3 rings (SSSR count). The Hall–Kier alpha value is -2.28. The summed E-state index contributed by atoms with van der Waals surface area (Å²) in [6, 6.07) is 1.97. The standard InChI is InChI=1S/C15H14BrN5O/c1-3-21-15-13(7-18-21)14(10-4-11(16)6-17-5-10)12(8-19-22)9(2)20-15/h4-8,22H,3H2,1-2H3. The van der Waals surface area contributed by atoms with Crippen LogP contribution in [0.5, 0.6) is 0 Å². The molecule has 1 N–H and O–H groups in total. The first kappa shape index (κ1) is 14.6. The summed E-state index contributed by atoms with van der Waals surface area (Å²) in [6.45, 7) is 4.64. The normalized spacial score (nSPS) is 11.6. The van der Waals surface area contributed by atoms with Gasteiger partial charge in [-0.25, -0.2) is 9.67 Å². The number of aryl methyl sites for hydroxylation is 2. The SMILES string of the molecule is CCn1ncc2c(-c3cncc(Br)c3)c(C=NO)c(C)nc21. The Kier molecular flexibility index (Phi) is 3.89. The minimum atomic E-state index is 0.736. The van der Waals surface area contributed by atoms with Crippen molar-refractivity contribution >= 4 is 33.2 Å². The number of hydrogen-bond donors (Lipinski definition) is 1. The second-order valence-electron chi connectivity index (χ2n) is 4.82. The first-order chi connectivity index (χ1) is 10.7. The summed E-state index contributed by atoms with van der Waals surface area (Å²) in [6.07, 6.45) is 6.69. The molecule has 0 atom stereocenters. The van der Waals surface area contributed by atoms with Crippen LogP contribution in [0.1, 0.15) is 18.2 Å². The minimum Gasteiger partial charge on any atom is -0.411 e. The van der Waals surface area contributed by atoms with Crippen molar-refractivity contribution in [1.82, 2.24) is 19.7 Å². The zero-order valence-electron chi connectivity index (χ0n) is 12.2. The Morgan fingerprint density at radius 3 is 2.86 bits per heavy atom. The van der Waals surface area contributed by atoms with Gasteiger partial charge >= 0.3 is 0 Å². The van der Waals surface area contributed by atoms with Crippen molar-refractivity contribution in [1.29, 1.82) is 0 Å². The Labute approximate surface area is 135 Å². The topological polar surface area (TPSA) is 76.2 Å². The van der Waals surface area contributed by atoms with Gasteiger partial charge < -0.3 is 5.21 Å². The molecule has 0 fully saturated rings. The third-order valence-corrected chi connectivity index (χ3v) is 3.93. The summed E-state index contributed by atoms with van der Waals surface area (Å²) >= 11 is 3.44. The predicted molar refractivity (Wildman–Crippen MR) is 88.3 cm³/mol. The van der Waals surface area contributed by atoms with E-state index in [0.717, 1.165) is 44.4 Å². The predicted octanol–water partition coefficient (Wildman–Crippen LogP) is 3.39. The summed E-state index contributed by atoms with van der Waals surface area (Å²) in [5, 5.41) is 17.5. The number of aromatic nitrogens is 4. The van der Waals surface area contributed by atoms with Gasteiger partial charge in [-0.15, -0.1) is 0 Å². The maximum atomic E-state index is 8.99. The molecule has 3 aromatic heterocycles. The maximum Gasteiger partial charge on any atom is 0.158 e. The summed E-state index contributed by atoms with van der Waals surface area (Å²) < 4.78 is 2.72. The van der Waals surface area contributed by atoms with Gasteiger partial charge in [0.1, 0.15) is 0 Å². The van der Waals surface area contributed by atoms with Gasteiger partial charge in [0.2, 0.25) is 0 Å². The van der Waals surface area contributed by atoms with Crippen LogP contribution in [0.15, 0.2) is 34.3 Å². The van der Waals surface area contributed by atoms with Gasteiger partial charge in [-0.05, 0) is 35.8 Å². The van der Waals surface area contributed by atoms with E-state index >= 15 is 0 Å². The molecular weight excluding hydrogens is 346 g/mol. The first-order valence-corrected chi connectivity index (χ1v) is 7.59. The molecule has 0 aliphatic rings. The summed E-state index contributed by atoms with van der Waals surface area (Å²) in [5.41, 5.74) is 4.16. The summed E-state index contributed by atoms with van der Waals surface area (Å²) in [5.74, 6) is 0. The molecule has 0 bridgehead atoms. The van der Waals surface area contributed by atoms with Crippen molar-refractivity contribution in [2.24, 2.45) is 5.16 Å². The van der Waals surface area contributed by atoms with Crippen LogP contribution >= 0.6 is 15.9 Å². The molecule has 3 heterocycles. The highest BCUT2D eigenvalue weighted by atomic mass is 79.9. The molecule has 0 saturated heterocycles. The first-order valence-electron chi connectivity index (χ1n) is 6.80. The van der Waals surface area contributed by atoms with Gasteiger partial charge in [-0.2, -0.15) is 5.10 Å². The fourth-order valence-corrected chi connectivity index (χ4v) is 2.89. The maximum absolute atomic E-state index is 8.99. The van der Waals surface area contributed by atoms with E-state index in [-0.39, 0.29) is 0 Å². The Bertz CT molecular complexity index is 872. The van der Waals surface area contributed by atoms with Crippen LogP contribution in [-0.2, 0) is 6.54 Å². The van der Waals surface area contributed by atoms with Gasteiger partial charge in [0.05, 0.1) is 12.4 Å². The smallest absolute Gasteiger partial charge is 0.158 e. The van der Waals surface area contributed by atoms with E-state index in [0.29, 0.717) is 0 Å². The van der Waals surface area contributed by atoms with Gasteiger partial charge in [0, 0.05) is 51.2 Å². The van der Waals surface area contributed by atoms with Crippen LogP contribution < -0.4 is 0 Å². The van der Waals surface area contributed by atoms with E-state index in [4.69, 9.17) is 5.21 Å². The molecule has 112 valence electrons. The molecule has 0 aliphatic carbocycles. The summed E-state index contributed by atoms with van der Waals surface area (Å²) in [4.78, 5) is 8.82. The van der Waals surface area contributed by atoms with Gasteiger partial charge in [-0.3, -0.25) is 4.98 Å². The van der Waals surface area contributed by atoms with Crippen molar-refractivity contribution in [2.75, 3.05) is 0 Å². The number of nitrogens with zero attached hydrogens (tertiary/aromatic N) is 5. The third kappa shape index (κ3) is 2.37. The molecule has 0 aromatic carbocycles. The van der Waals surface area contributed by atoms with Crippen LogP contribution in [0.4, 0.5) is 0 Å². The Morgan fingerprint density at radius 2 is 2.18 bits per heavy atom. The highest BCUT2D eigenvalue weighted by molar-refractivity contribution is 9.10. The van der Waals surface area contributed by atoms with E-state index in [1.54, 1.807) is 18.6 Å².